The van der Waals surface area contributed by atoms with E-state index in [-0.39, 0.29) is 19.0 Å². The van der Waals surface area contributed by atoms with Crippen molar-refractivity contribution in [2.75, 3.05) is 6.54 Å². The van der Waals surface area contributed by atoms with E-state index < -0.39 is 29.3 Å². The van der Waals surface area contributed by atoms with E-state index in [1.807, 2.05) is 0 Å². The third-order valence-corrected chi connectivity index (χ3v) is 1.83. The van der Waals surface area contributed by atoms with Gasteiger partial charge in [-0.05, 0) is 48.0 Å². The van der Waals surface area contributed by atoms with E-state index in [1.54, 1.807) is 41.5 Å². The van der Waals surface area contributed by atoms with Crippen LogP contribution >= 0.6 is 12.4 Å². The monoisotopic (exact) mass is 310 g/mol. The lowest BCUT2D eigenvalue weighted by molar-refractivity contribution is -0.156. The van der Waals surface area contributed by atoms with E-state index in [1.165, 1.54) is 0 Å². The summed E-state index contributed by atoms with van der Waals surface area (Å²) in [5.74, 6) is -0.474. The van der Waals surface area contributed by atoms with Crippen LogP contribution < -0.4 is 11.1 Å². The molecule has 0 heterocycles. The summed E-state index contributed by atoms with van der Waals surface area (Å²) in [5.41, 5.74) is 4.56. The normalized spacial score (nSPS) is 12.9. The number of hydrogen-bond acceptors (Lipinski definition) is 5. The Morgan fingerprint density at radius 2 is 1.50 bits per heavy atom. The highest BCUT2D eigenvalue weighted by Crippen LogP contribution is 2.09. The van der Waals surface area contributed by atoms with E-state index in [0.29, 0.717) is 6.42 Å². The average molecular weight is 311 g/mol. The van der Waals surface area contributed by atoms with Crippen molar-refractivity contribution in [1.82, 2.24) is 5.32 Å². The first-order valence-electron chi connectivity index (χ1n) is 6.36. The Hall–Kier alpha value is -1.01. The third kappa shape index (κ3) is 12.0. The van der Waals surface area contributed by atoms with Crippen LogP contribution in [0, 0.1) is 0 Å². The Morgan fingerprint density at radius 1 is 1.05 bits per heavy atom. The number of nitrogens with one attached hydrogen (secondary N) is 1. The van der Waals surface area contributed by atoms with E-state index in [2.05, 4.69) is 5.32 Å². The standard InChI is InChI=1S/C13H26N2O4.ClH/c1-12(2,3)18-10(16)9(14)7-8-15-11(17)19-13(4,5)6;/h9H,7-8,14H2,1-6H3,(H,15,17);1H/t9-;/m0./s1. The molecular weight excluding hydrogens is 284 g/mol. The summed E-state index contributed by atoms with van der Waals surface area (Å²) in [6.45, 7) is 10.9. The molecule has 0 fully saturated rings. The lowest BCUT2D eigenvalue weighted by Crippen LogP contribution is -2.40. The molecule has 0 spiro atoms. The molecule has 0 aliphatic heterocycles. The molecule has 0 radical (unpaired) electrons. The maximum atomic E-state index is 11.6. The second-order valence-electron chi connectivity index (χ2n) is 6.36. The molecule has 0 aromatic rings. The molecule has 0 rings (SSSR count). The molecule has 0 aromatic carbocycles. The van der Waals surface area contributed by atoms with Crippen molar-refractivity contribution in [3.8, 4) is 0 Å². The molecule has 0 aromatic heterocycles. The molecule has 1 amide bonds. The molecule has 0 unspecified atom stereocenters. The molecule has 0 bridgehead atoms. The van der Waals surface area contributed by atoms with Gasteiger partial charge in [-0.2, -0.15) is 0 Å². The Bertz CT molecular complexity index is 321. The number of halogens is 1. The van der Waals surface area contributed by atoms with Gasteiger partial charge in [0.25, 0.3) is 0 Å². The molecule has 0 saturated heterocycles. The molecule has 0 aliphatic carbocycles. The highest BCUT2D eigenvalue weighted by atomic mass is 35.5. The Balaban J connectivity index is 0. The van der Waals surface area contributed by atoms with Crippen molar-refractivity contribution in [2.45, 2.75) is 65.2 Å². The van der Waals surface area contributed by atoms with Crippen LogP contribution in [-0.4, -0.2) is 35.9 Å². The summed E-state index contributed by atoms with van der Waals surface area (Å²) in [6.07, 6.45) is -0.224. The summed E-state index contributed by atoms with van der Waals surface area (Å²) in [5, 5.41) is 2.54. The number of hydrogen-bond donors (Lipinski definition) is 2. The van der Waals surface area contributed by atoms with Gasteiger partial charge < -0.3 is 20.5 Å². The van der Waals surface area contributed by atoms with E-state index in [9.17, 15) is 9.59 Å². The summed E-state index contributed by atoms with van der Waals surface area (Å²) >= 11 is 0. The number of nitrogens with two attached hydrogens (primary N) is 1. The largest absolute Gasteiger partial charge is 0.459 e. The summed E-state index contributed by atoms with van der Waals surface area (Å²) < 4.78 is 10.2. The van der Waals surface area contributed by atoms with Gasteiger partial charge in [-0.25, -0.2) is 4.79 Å². The first-order chi connectivity index (χ1) is 8.41. The van der Waals surface area contributed by atoms with Gasteiger partial charge in [0.05, 0.1) is 0 Å². The minimum atomic E-state index is -0.755. The highest BCUT2D eigenvalue weighted by Gasteiger charge is 2.22. The third-order valence-electron chi connectivity index (χ3n) is 1.83. The second-order valence-corrected chi connectivity index (χ2v) is 6.36. The number of esters is 1. The predicted octanol–water partition coefficient (Wildman–Crippen LogP) is 1.99. The molecule has 20 heavy (non-hydrogen) atoms. The van der Waals surface area contributed by atoms with Crippen molar-refractivity contribution < 1.29 is 19.1 Å². The number of ether oxygens (including phenoxy) is 2. The first kappa shape index (κ1) is 21.3. The van der Waals surface area contributed by atoms with Crippen molar-refractivity contribution in [1.29, 1.82) is 0 Å². The van der Waals surface area contributed by atoms with Crippen molar-refractivity contribution in [3.63, 3.8) is 0 Å². The molecule has 6 nitrogen and oxygen atoms in total. The van der Waals surface area contributed by atoms with Gasteiger partial charge in [0.1, 0.15) is 17.2 Å². The smallest absolute Gasteiger partial charge is 0.407 e. The maximum absolute atomic E-state index is 11.6. The minimum Gasteiger partial charge on any atom is -0.459 e. The molecule has 120 valence electrons. The molecule has 3 N–H and O–H groups in total. The van der Waals surface area contributed by atoms with E-state index in [0.717, 1.165) is 0 Å². The number of carbonyl (C=O) groups is 2. The van der Waals surface area contributed by atoms with E-state index in [4.69, 9.17) is 15.2 Å². The van der Waals surface area contributed by atoms with Crippen LogP contribution in [0.4, 0.5) is 4.79 Å². The van der Waals surface area contributed by atoms with Gasteiger partial charge in [0.15, 0.2) is 0 Å². The van der Waals surface area contributed by atoms with Crippen molar-refractivity contribution in [2.24, 2.45) is 5.73 Å². The van der Waals surface area contributed by atoms with Crippen molar-refractivity contribution >= 4 is 24.5 Å². The second kappa shape index (κ2) is 8.32. The number of carbonyl (C=O) groups excluding carboxylic acids is 2. The van der Waals surface area contributed by atoms with Gasteiger partial charge in [0.2, 0.25) is 0 Å². The fourth-order valence-electron chi connectivity index (χ4n) is 1.14. The van der Waals surface area contributed by atoms with Crippen LogP contribution in [-0.2, 0) is 14.3 Å². The maximum Gasteiger partial charge on any atom is 0.407 e. The zero-order chi connectivity index (χ0) is 15.3. The van der Waals surface area contributed by atoms with Crippen LogP contribution in [0.2, 0.25) is 0 Å². The fourth-order valence-corrected chi connectivity index (χ4v) is 1.14. The zero-order valence-corrected chi connectivity index (χ0v) is 13.9. The Morgan fingerprint density at radius 3 is 1.90 bits per heavy atom. The summed E-state index contributed by atoms with van der Waals surface area (Å²) in [6, 6.07) is -0.755. The van der Waals surface area contributed by atoms with Crippen LogP contribution in [0.15, 0.2) is 0 Å². The fraction of sp³-hybridized carbons (Fsp3) is 0.846. The lowest BCUT2D eigenvalue weighted by atomic mass is 10.1. The SMILES string of the molecule is CC(C)(C)OC(=O)NCC[C@H](N)C(=O)OC(C)(C)C.Cl. The van der Waals surface area contributed by atoms with Crippen LogP contribution in [0.5, 0.6) is 0 Å². The predicted molar refractivity (Wildman–Crippen MR) is 79.9 cm³/mol. The number of alkyl carbamates (subject to hydrolysis) is 1. The lowest BCUT2D eigenvalue weighted by Gasteiger charge is -2.22. The summed E-state index contributed by atoms with van der Waals surface area (Å²) in [4.78, 5) is 22.9. The van der Waals surface area contributed by atoms with Gasteiger partial charge in [-0.15, -0.1) is 12.4 Å². The molecular formula is C13H27ClN2O4. The van der Waals surface area contributed by atoms with Crippen LogP contribution in [0.3, 0.4) is 0 Å². The Labute approximate surface area is 127 Å². The van der Waals surface area contributed by atoms with Gasteiger partial charge in [-0.3, -0.25) is 4.79 Å². The van der Waals surface area contributed by atoms with Crippen molar-refractivity contribution in [3.05, 3.63) is 0 Å². The van der Waals surface area contributed by atoms with Gasteiger partial charge in [0, 0.05) is 6.54 Å². The topological polar surface area (TPSA) is 90.6 Å². The minimum absolute atomic E-state index is 0. The molecule has 0 saturated carbocycles. The molecule has 0 aliphatic rings. The Kier molecular flexibility index (Phi) is 8.85. The highest BCUT2D eigenvalue weighted by molar-refractivity contribution is 5.85. The zero-order valence-electron chi connectivity index (χ0n) is 13.1. The first-order valence-corrected chi connectivity index (χ1v) is 6.36. The summed E-state index contributed by atoms with van der Waals surface area (Å²) in [7, 11) is 0. The number of amides is 1. The van der Waals surface area contributed by atoms with Crippen LogP contribution in [0.25, 0.3) is 0 Å². The van der Waals surface area contributed by atoms with Gasteiger partial charge >= 0.3 is 12.1 Å². The van der Waals surface area contributed by atoms with E-state index >= 15 is 0 Å². The molecule has 7 heteroatoms. The van der Waals surface area contributed by atoms with Gasteiger partial charge in [-0.1, -0.05) is 0 Å². The average Bonchev–Trinajstić information content (AvgIpc) is 2.11. The quantitative estimate of drug-likeness (QED) is 0.775. The van der Waals surface area contributed by atoms with Crippen LogP contribution in [0.1, 0.15) is 48.0 Å². The molecule has 1 atom stereocenters. The number of rotatable bonds is 4.